The number of fused-ring (bicyclic) bond motifs is 1. The topological polar surface area (TPSA) is 107 Å². The molecule has 2 aromatic heterocycles. The summed E-state index contributed by atoms with van der Waals surface area (Å²) >= 11 is 0. The van der Waals surface area contributed by atoms with Gasteiger partial charge < -0.3 is 14.0 Å². The first-order chi connectivity index (χ1) is 13.2. The molecule has 2 heterocycles. The molecule has 1 N–H and O–H groups in total. The number of hydrogen-bond acceptors (Lipinski definition) is 7. The maximum atomic E-state index is 12.5. The molecule has 0 saturated heterocycles. The van der Waals surface area contributed by atoms with Crippen LogP contribution in [0.4, 0.5) is 0 Å². The van der Waals surface area contributed by atoms with Crippen LogP contribution >= 0.6 is 0 Å². The van der Waals surface area contributed by atoms with E-state index in [4.69, 9.17) is 14.0 Å². The van der Waals surface area contributed by atoms with Gasteiger partial charge in [-0.25, -0.2) is 4.79 Å². The van der Waals surface area contributed by atoms with Crippen molar-refractivity contribution in [2.24, 2.45) is 5.16 Å². The number of aromatic nitrogens is 2. The highest BCUT2D eigenvalue weighted by molar-refractivity contribution is 5.84. The third-order valence-corrected chi connectivity index (χ3v) is 4.45. The highest BCUT2D eigenvalue weighted by Gasteiger charge is 2.14. The van der Waals surface area contributed by atoms with Gasteiger partial charge in [-0.1, -0.05) is 18.5 Å². The molecule has 3 rings (SSSR count). The van der Waals surface area contributed by atoms with Crippen molar-refractivity contribution in [1.29, 1.82) is 0 Å². The van der Waals surface area contributed by atoms with E-state index in [2.05, 4.69) is 15.1 Å². The zero-order valence-corrected chi connectivity index (χ0v) is 15.6. The van der Waals surface area contributed by atoms with Crippen LogP contribution in [0.3, 0.4) is 0 Å². The Morgan fingerprint density at radius 2 is 2.04 bits per heavy atom. The fourth-order valence-electron chi connectivity index (χ4n) is 3.14. The second-order valence-electron chi connectivity index (χ2n) is 6.67. The van der Waals surface area contributed by atoms with Gasteiger partial charge in [0.05, 0.1) is 5.71 Å². The second kappa shape index (κ2) is 9.45. The summed E-state index contributed by atoms with van der Waals surface area (Å²) in [5.74, 6) is 0. The lowest BCUT2D eigenvalue weighted by atomic mass is 9.99. The third-order valence-electron chi connectivity index (χ3n) is 4.45. The average molecular weight is 375 g/mol. The van der Waals surface area contributed by atoms with Crippen LogP contribution < -0.4 is 16.0 Å². The normalized spacial score (nSPS) is 14.5. The minimum atomic E-state index is -0.547. The van der Waals surface area contributed by atoms with E-state index in [0.717, 1.165) is 37.8 Å². The van der Waals surface area contributed by atoms with Gasteiger partial charge in [0.25, 0.3) is 5.56 Å². The number of aryl methyl sites for hydroxylation is 1. The molecule has 27 heavy (non-hydrogen) atoms. The van der Waals surface area contributed by atoms with E-state index in [0.29, 0.717) is 31.6 Å². The maximum Gasteiger partial charge on any atom is 0.337 e. The van der Waals surface area contributed by atoms with Gasteiger partial charge in [-0.05, 0) is 50.5 Å². The molecule has 1 aliphatic carbocycles. The first-order valence-electron chi connectivity index (χ1n) is 9.55. The number of nitrogens with zero attached hydrogens (tertiary/aromatic N) is 2. The van der Waals surface area contributed by atoms with E-state index in [-0.39, 0.29) is 17.1 Å². The van der Waals surface area contributed by atoms with Gasteiger partial charge >= 0.3 is 11.6 Å². The number of rotatable bonds is 8. The summed E-state index contributed by atoms with van der Waals surface area (Å²) in [7, 11) is 0. The summed E-state index contributed by atoms with van der Waals surface area (Å²) in [6.07, 6.45) is 7.32. The number of H-pyrrole nitrogens is 1. The lowest BCUT2D eigenvalue weighted by Gasteiger charge is -2.11. The quantitative estimate of drug-likeness (QED) is 0.561. The lowest BCUT2D eigenvalue weighted by molar-refractivity contribution is 0.132. The van der Waals surface area contributed by atoms with Crippen molar-refractivity contribution in [3.8, 4) is 6.01 Å². The fraction of sp³-hybridized carbons (Fsp3) is 0.579. The molecule has 0 amide bonds. The van der Waals surface area contributed by atoms with Crippen LogP contribution in [0.5, 0.6) is 6.01 Å². The molecule has 0 radical (unpaired) electrons. The van der Waals surface area contributed by atoms with Gasteiger partial charge in [-0.2, -0.15) is 4.98 Å². The summed E-state index contributed by atoms with van der Waals surface area (Å²) in [4.78, 5) is 36.3. The number of ether oxygens (including phenoxy) is 1. The molecule has 8 heteroatoms. The van der Waals surface area contributed by atoms with Crippen molar-refractivity contribution < 1.29 is 14.0 Å². The molecule has 0 aliphatic heterocycles. The summed E-state index contributed by atoms with van der Waals surface area (Å²) in [6.45, 7) is 3.31. The number of hydrogen-bond donors (Lipinski definition) is 1. The van der Waals surface area contributed by atoms with E-state index < -0.39 is 11.2 Å². The Kier molecular flexibility index (Phi) is 6.75. The van der Waals surface area contributed by atoms with Gasteiger partial charge in [0.1, 0.15) is 5.39 Å². The van der Waals surface area contributed by atoms with E-state index in [1.165, 1.54) is 12.5 Å². The smallest absolute Gasteiger partial charge is 0.337 e. The van der Waals surface area contributed by atoms with Gasteiger partial charge in [-0.15, -0.1) is 0 Å². The minimum Gasteiger partial charge on any atom is -0.403 e. The predicted molar refractivity (Wildman–Crippen MR) is 101 cm³/mol. The average Bonchev–Trinajstić information content (AvgIpc) is 2.66. The Morgan fingerprint density at radius 3 is 2.81 bits per heavy atom. The van der Waals surface area contributed by atoms with Crippen molar-refractivity contribution in [3.63, 3.8) is 0 Å². The molecular formula is C19H25N3O5. The molecule has 0 atom stereocenters. The van der Waals surface area contributed by atoms with Crippen molar-refractivity contribution in [2.75, 3.05) is 13.2 Å². The Balaban J connectivity index is 1.80. The number of oxime groups is 1. The molecule has 0 aromatic carbocycles. The Morgan fingerprint density at radius 1 is 1.22 bits per heavy atom. The van der Waals surface area contributed by atoms with E-state index in [1.54, 1.807) is 0 Å². The number of aromatic amines is 1. The third kappa shape index (κ3) is 5.26. The second-order valence-corrected chi connectivity index (χ2v) is 6.67. The van der Waals surface area contributed by atoms with E-state index >= 15 is 0 Å². The predicted octanol–water partition coefficient (Wildman–Crippen LogP) is 2.93. The highest BCUT2D eigenvalue weighted by Crippen LogP contribution is 2.17. The fourth-order valence-corrected chi connectivity index (χ4v) is 3.14. The van der Waals surface area contributed by atoms with Gasteiger partial charge in [-0.3, -0.25) is 9.78 Å². The summed E-state index contributed by atoms with van der Waals surface area (Å²) < 4.78 is 10.6. The van der Waals surface area contributed by atoms with Crippen LogP contribution in [-0.4, -0.2) is 28.9 Å². The molecule has 8 nitrogen and oxygen atoms in total. The molecule has 146 valence electrons. The lowest BCUT2D eigenvalue weighted by Crippen LogP contribution is -2.15. The Bertz CT molecular complexity index is 908. The molecule has 1 fully saturated rings. The molecule has 1 saturated carbocycles. The summed E-state index contributed by atoms with van der Waals surface area (Å²) in [5, 5.41) is 4.34. The van der Waals surface area contributed by atoms with Crippen LogP contribution in [0, 0.1) is 0 Å². The SMILES string of the molecule is CCCOCCCc1cc(=O)oc2nc(ON=C3CCCCC3)[nH]c(=O)c12. The van der Waals surface area contributed by atoms with Crippen LogP contribution in [0.15, 0.2) is 25.2 Å². The molecule has 0 bridgehead atoms. The van der Waals surface area contributed by atoms with Crippen molar-refractivity contribution in [3.05, 3.63) is 32.4 Å². The van der Waals surface area contributed by atoms with Crippen molar-refractivity contribution >= 4 is 16.8 Å². The van der Waals surface area contributed by atoms with Gasteiger partial charge in [0.15, 0.2) is 0 Å². The zero-order chi connectivity index (χ0) is 19.1. The van der Waals surface area contributed by atoms with Gasteiger partial charge in [0.2, 0.25) is 5.71 Å². The largest absolute Gasteiger partial charge is 0.403 e. The number of nitrogens with one attached hydrogen (secondary N) is 1. The standard InChI is InChI=1S/C19H25N3O5/c1-2-10-25-11-6-7-13-12-15(23)26-18-16(13)17(24)20-19(21-18)27-22-14-8-4-3-5-9-14/h12H,2-11H2,1H3,(H,20,21,24). The van der Waals surface area contributed by atoms with Gasteiger partial charge in [0, 0.05) is 19.3 Å². The summed E-state index contributed by atoms with van der Waals surface area (Å²) in [5.41, 5.74) is 0.558. The molecule has 2 aromatic rings. The summed E-state index contributed by atoms with van der Waals surface area (Å²) in [6, 6.07) is 1.26. The maximum absolute atomic E-state index is 12.5. The molecule has 0 unspecified atom stereocenters. The van der Waals surface area contributed by atoms with Crippen LogP contribution in [-0.2, 0) is 11.2 Å². The first-order valence-corrected chi connectivity index (χ1v) is 9.55. The molecule has 0 spiro atoms. The molecule has 1 aliphatic rings. The van der Waals surface area contributed by atoms with Crippen LogP contribution in [0.2, 0.25) is 0 Å². The highest BCUT2D eigenvalue weighted by atomic mass is 16.6. The van der Waals surface area contributed by atoms with Crippen LogP contribution in [0.25, 0.3) is 11.1 Å². The Labute approximate surface area is 156 Å². The van der Waals surface area contributed by atoms with E-state index in [1.807, 2.05) is 6.92 Å². The van der Waals surface area contributed by atoms with E-state index in [9.17, 15) is 9.59 Å². The minimum absolute atomic E-state index is 0.0328. The van der Waals surface area contributed by atoms with Crippen LogP contribution in [0.1, 0.15) is 57.4 Å². The molecular weight excluding hydrogens is 350 g/mol. The Hall–Kier alpha value is -2.48. The first kappa shape index (κ1) is 19.3. The van der Waals surface area contributed by atoms with Crippen molar-refractivity contribution in [1.82, 2.24) is 9.97 Å². The zero-order valence-electron chi connectivity index (χ0n) is 15.6. The monoisotopic (exact) mass is 375 g/mol. The van der Waals surface area contributed by atoms with Crippen molar-refractivity contribution in [2.45, 2.75) is 58.3 Å².